The van der Waals surface area contributed by atoms with E-state index in [0.717, 1.165) is 49.7 Å². The Morgan fingerprint density at radius 1 is 1.21 bits per heavy atom. The Labute approximate surface area is 199 Å². The van der Waals surface area contributed by atoms with Gasteiger partial charge in [0.25, 0.3) is 0 Å². The fourth-order valence-corrected chi connectivity index (χ4v) is 4.85. The van der Waals surface area contributed by atoms with Crippen molar-refractivity contribution in [2.45, 2.75) is 84.9 Å². The van der Waals surface area contributed by atoms with Gasteiger partial charge in [-0.05, 0) is 57.9 Å². The van der Waals surface area contributed by atoms with E-state index in [9.17, 15) is 14.0 Å². The van der Waals surface area contributed by atoms with Gasteiger partial charge in [-0.15, -0.1) is 0 Å². The molecule has 0 aromatic carbocycles. The number of carbonyl (C=O) groups is 2. The molecule has 1 aliphatic carbocycles. The van der Waals surface area contributed by atoms with Crippen molar-refractivity contribution in [3.63, 3.8) is 0 Å². The van der Waals surface area contributed by atoms with Crippen LogP contribution >= 0.6 is 0 Å². The molecule has 2 N–H and O–H groups in total. The number of aromatic nitrogens is 3. The predicted octanol–water partition coefficient (Wildman–Crippen LogP) is 4.69. The zero-order chi connectivity index (χ0) is 24.7. The molecule has 4 rings (SSSR count). The monoisotopic (exact) mass is 471 g/mol. The molecule has 2 amide bonds. The van der Waals surface area contributed by atoms with E-state index < -0.39 is 17.5 Å². The number of anilines is 1. The Hall–Kier alpha value is -2.97. The summed E-state index contributed by atoms with van der Waals surface area (Å²) in [7, 11) is 0. The number of fused-ring (bicyclic) bond motifs is 1. The summed E-state index contributed by atoms with van der Waals surface area (Å²) in [4.78, 5) is 29.2. The maximum atomic E-state index is 14.7. The minimum absolute atomic E-state index is 0.0732. The minimum Gasteiger partial charge on any atom is -0.444 e. The summed E-state index contributed by atoms with van der Waals surface area (Å²) in [5.41, 5.74) is 1.62. The largest absolute Gasteiger partial charge is 0.444 e. The smallest absolute Gasteiger partial charge is 0.407 e. The lowest BCUT2D eigenvalue weighted by Crippen LogP contribution is -2.43. The van der Waals surface area contributed by atoms with Crippen molar-refractivity contribution in [3.05, 3.63) is 30.0 Å². The number of ether oxygens (including phenoxy) is 1. The van der Waals surface area contributed by atoms with Crippen LogP contribution < -0.4 is 10.6 Å². The van der Waals surface area contributed by atoms with Crippen molar-refractivity contribution in [2.24, 2.45) is 11.3 Å². The van der Waals surface area contributed by atoms with Crippen molar-refractivity contribution < 1.29 is 18.7 Å². The molecule has 0 bridgehead atoms. The molecular formula is C25H34FN5O3. The number of nitrogens with zero attached hydrogens (tertiary/aromatic N) is 3. The molecule has 0 saturated heterocycles. The third-order valence-electron chi connectivity index (χ3n) is 6.34. The molecule has 2 aromatic rings. The van der Waals surface area contributed by atoms with E-state index in [-0.39, 0.29) is 23.3 Å². The fourth-order valence-electron chi connectivity index (χ4n) is 4.85. The van der Waals surface area contributed by atoms with Gasteiger partial charge >= 0.3 is 6.09 Å². The molecule has 8 nitrogen and oxygen atoms in total. The molecule has 9 heteroatoms. The maximum absolute atomic E-state index is 14.7. The highest BCUT2D eigenvalue weighted by Crippen LogP contribution is 2.38. The first kappa shape index (κ1) is 24.2. The number of alkyl carbamates (subject to hydrolysis) is 1. The summed E-state index contributed by atoms with van der Waals surface area (Å²) >= 11 is 0. The van der Waals surface area contributed by atoms with Crippen LogP contribution in [-0.4, -0.2) is 38.4 Å². The lowest BCUT2D eigenvalue weighted by molar-refractivity contribution is -0.121. The van der Waals surface area contributed by atoms with Crippen molar-refractivity contribution in [1.82, 2.24) is 20.1 Å². The zero-order valence-electron chi connectivity index (χ0n) is 20.6. The first-order chi connectivity index (χ1) is 15.9. The summed E-state index contributed by atoms with van der Waals surface area (Å²) < 4.78 is 22.0. The van der Waals surface area contributed by atoms with E-state index in [1.807, 2.05) is 25.5 Å². The molecule has 2 aliphatic rings. The van der Waals surface area contributed by atoms with Crippen molar-refractivity contribution in [1.29, 1.82) is 0 Å². The van der Waals surface area contributed by atoms with Gasteiger partial charge in [0.1, 0.15) is 17.2 Å². The van der Waals surface area contributed by atoms with Gasteiger partial charge < -0.3 is 15.4 Å². The molecule has 0 spiro atoms. The van der Waals surface area contributed by atoms with Crippen molar-refractivity contribution in [3.8, 4) is 11.1 Å². The summed E-state index contributed by atoms with van der Waals surface area (Å²) in [6.07, 6.45) is 6.01. The maximum Gasteiger partial charge on any atom is 0.407 e. The predicted molar refractivity (Wildman–Crippen MR) is 127 cm³/mol. The Bertz CT molecular complexity index is 1090. The Kier molecular flexibility index (Phi) is 6.40. The number of pyridine rings is 1. The highest BCUT2D eigenvalue weighted by atomic mass is 19.1. The number of hydrogen-bond donors (Lipinski definition) is 2. The van der Waals surface area contributed by atoms with Crippen LogP contribution in [0.2, 0.25) is 0 Å². The van der Waals surface area contributed by atoms with Gasteiger partial charge in [-0.25, -0.2) is 14.2 Å². The number of halogens is 1. The second-order valence-corrected chi connectivity index (χ2v) is 11.2. The average molecular weight is 472 g/mol. The van der Waals surface area contributed by atoms with Crippen molar-refractivity contribution in [2.75, 3.05) is 5.32 Å². The summed E-state index contributed by atoms with van der Waals surface area (Å²) in [5.74, 6) is -0.592. The van der Waals surface area contributed by atoms with Crippen LogP contribution in [0.5, 0.6) is 0 Å². The van der Waals surface area contributed by atoms with Gasteiger partial charge in [0.15, 0.2) is 0 Å². The Morgan fingerprint density at radius 2 is 1.97 bits per heavy atom. The molecule has 34 heavy (non-hydrogen) atoms. The van der Waals surface area contributed by atoms with Crippen LogP contribution in [0.1, 0.15) is 66.0 Å². The van der Waals surface area contributed by atoms with Gasteiger partial charge in [-0.2, -0.15) is 5.10 Å². The second kappa shape index (κ2) is 9.00. The third kappa shape index (κ3) is 5.56. The topological polar surface area (TPSA) is 98.1 Å². The Morgan fingerprint density at radius 3 is 2.71 bits per heavy atom. The standard InChI is InChI=1S/C25H34FN5O3/c1-24(2,3)34-23(33)29-16-8-6-7-15(9-16)22(32)30-21-10-17(19(26)13-27-21)18-12-28-31-14-25(4,5)11-20(18)31/h10,12-13,15-16H,6-9,11,14H2,1-5H3,(H,29,33)(H,27,30,32)/t15-,16+/m0/s1. The van der Waals surface area contributed by atoms with E-state index in [4.69, 9.17) is 4.74 Å². The molecule has 184 valence electrons. The molecule has 0 unspecified atom stereocenters. The van der Waals surface area contributed by atoms with Gasteiger partial charge in [0.2, 0.25) is 5.91 Å². The quantitative estimate of drug-likeness (QED) is 0.674. The molecule has 0 radical (unpaired) electrons. The number of rotatable bonds is 4. The summed E-state index contributed by atoms with van der Waals surface area (Å²) in [5, 5.41) is 10.1. The van der Waals surface area contributed by atoms with Gasteiger partial charge in [-0.1, -0.05) is 20.3 Å². The normalized spacial score (nSPS) is 21.6. The number of carbonyl (C=O) groups excluding carboxylic acids is 2. The van der Waals surface area contributed by atoms with Crippen molar-refractivity contribution >= 4 is 17.8 Å². The molecule has 2 aromatic heterocycles. The van der Waals surface area contributed by atoms with Crippen LogP contribution in [0.4, 0.5) is 15.0 Å². The van der Waals surface area contributed by atoms with E-state index in [2.05, 4.69) is 34.6 Å². The molecular weight excluding hydrogens is 437 g/mol. The van der Waals surface area contributed by atoms with E-state index in [1.165, 1.54) is 0 Å². The summed E-state index contributed by atoms with van der Waals surface area (Å²) in [6.45, 7) is 10.6. The molecule has 1 saturated carbocycles. The van der Waals surface area contributed by atoms with E-state index in [0.29, 0.717) is 17.8 Å². The minimum atomic E-state index is -0.576. The van der Waals surface area contributed by atoms with Gasteiger partial charge in [0.05, 0.1) is 12.4 Å². The van der Waals surface area contributed by atoms with Crippen LogP contribution in [0, 0.1) is 17.2 Å². The first-order valence-electron chi connectivity index (χ1n) is 11.9. The highest BCUT2D eigenvalue weighted by molar-refractivity contribution is 5.92. The van der Waals surface area contributed by atoms with Crippen LogP contribution in [-0.2, 0) is 22.5 Å². The molecule has 1 aliphatic heterocycles. The molecule has 1 fully saturated rings. The van der Waals surface area contributed by atoms with Crippen LogP contribution in [0.25, 0.3) is 11.1 Å². The van der Waals surface area contributed by atoms with Gasteiger partial charge in [-0.3, -0.25) is 9.48 Å². The third-order valence-corrected chi connectivity index (χ3v) is 6.34. The summed E-state index contributed by atoms with van der Waals surface area (Å²) in [6, 6.07) is 1.45. The van der Waals surface area contributed by atoms with E-state index >= 15 is 0 Å². The lowest BCUT2D eigenvalue weighted by Gasteiger charge is -2.30. The molecule has 3 heterocycles. The second-order valence-electron chi connectivity index (χ2n) is 11.2. The lowest BCUT2D eigenvalue weighted by atomic mass is 9.85. The number of hydrogen-bond acceptors (Lipinski definition) is 5. The van der Waals surface area contributed by atoms with E-state index in [1.54, 1.807) is 12.3 Å². The number of amides is 2. The molecule has 2 atom stereocenters. The van der Waals surface area contributed by atoms with Gasteiger partial charge in [0, 0.05) is 35.3 Å². The fraction of sp³-hybridized carbons (Fsp3) is 0.600. The SMILES string of the molecule is CC1(C)Cc2c(-c3cc(NC(=O)[C@H]4CCC[C@@H](NC(=O)OC(C)(C)C)C4)ncc3F)cnn2C1. The number of nitrogens with one attached hydrogen (secondary N) is 2. The van der Waals surface area contributed by atoms with Crippen LogP contribution in [0.15, 0.2) is 18.5 Å². The highest BCUT2D eigenvalue weighted by Gasteiger charge is 2.33. The average Bonchev–Trinajstić information content (AvgIpc) is 3.23. The van der Waals surface area contributed by atoms with Crippen LogP contribution in [0.3, 0.4) is 0 Å². The zero-order valence-corrected chi connectivity index (χ0v) is 20.6. The first-order valence-corrected chi connectivity index (χ1v) is 11.9. The Balaban J connectivity index is 1.43.